The summed E-state index contributed by atoms with van der Waals surface area (Å²) in [5, 5.41) is 3.67. The molecule has 3 nitrogen and oxygen atoms in total. The monoisotopic (exact) mass is 408 g/mol. The number of nitrogens with two attached hydrogens (primary N) is 1. The lowest BCUT2D eigenvalue weighted by Gasteiger charge is -2.27. The second-order valence-electron chi connectivity index (χ2n) is 7.80. The van der Waals surface area contributed by atoms with Crippen molar-refractivity contribution in [3.8, 4) is 5.75 Å². The Morgan fingerprint density at radius 1 is 1.04 bits per heavy atom. The minimum Gasteiger partial charge on any atom is -0.489 e. The summed E-state index contributed by atoms with van der Waals surface area (Å²) in [7, 11) is 0. The van der Waals surface area contributed by atoms with Crippen molar-refractivity contribution in [1.82, 2.24) is 5.32 Å². The molecule has 6 heteroatoms. The second kappa shape index (κ2) is 9.21. The molecule has 2 atom stereocenters. The predicted molar refractivity (Wildman–Crippen MR) is 109 cm³/mol. The summed E-state index contributed by atoms with van der Waals surface area (Å²) >= 11 is 0. The van der Waals surface area contributed by atoms with Crippen LogP contribution in [0.2, 0.25) is 0 Å². The molecule has 28 heavy (non-hydrogen) atoms. The number of nitrogens with one attached hydrogen (secondary N) is 1. The summed E-state index contributed by atoms with van der Waals surface area (Å²) in [6.07, 6.45) is 5.20. The Hall–Kier alpha value is -1.69. The first-order valence-corrected chi connectivity index (χ1v) is 9.77. The molecular formula is C22H27ClF2N2O. The molecule has 4 rings (SSSR count). The van der Waals surface area contributed by atoms with Crippen molar-refractivity contribution >= 4 is 12.4 Å². The van der Waals surface area contributed by atoms with E-state index in [1.165, 1.54) is 18.2 Å². The first kappa shape index (κ1) is 21.0. The highest BCUT2D eigenvalue weighted by Crippen LogP contribution is 2.46. The molecule has 0 unspecified atom stereocenters. The van der Waals surface area contributed by atoms with Crippen molar-refractivity contribution in [2.24, 2.45) is 5.73 Å². The highest BCUT2D eigenvalue weighted by atomic mass is 35.5. The largest absolute Gasteiger partial charge is 0.489 e. The molecule has 0 amide bonds. The lowest BCUT2D eigenvalue weighted by molar-refractivity contribution is 0.299. The van der Waals surface area contributed by atoms with Crippen LogP contribution in [-0.4, -0.2) is 18.1 Å². The number of hydrogen-bond donors (Lipinski definition) is 2. The zero-order valence-electron chi connectivity index (χ0n) is 15.7. The van der Waals surface area contributed by atoms with Gasteiger partial charge in [-0.15, -0.1) is 12.4 Å². The van der Waals surface area contributed by atoms with Crippen LogP contribution >= 0.6 is 12.4 Å². The number of halogens is 3. The lowest BCUT2D eigenvalue weighted by Crippen LogP contribution is -2.38. The van der Waals surface area contributed by atoms with Crippen molar-refractivity contribution in [1.29, 1.82) is 0 Å². The van der Waals surface area contributed by atoms with Gasteiger partial charge in [-0.2, -0.15) is 0 Å². The molecule has 0 radical (unpaired) electrons. The highest BCUT2D eigenvalue weighted by Gasteiger charge is 2.43. The number of ether oxygens (including phenoxy) is 1. The molecule has 152 valence electrons. The molecule has 2 fully saturated rings. The third-order valence-corrected chi connectivity index (χ3v) is 5.68. The van der Waals surface area contributed by atoms with Gasteiger partial charge in [-0.3, -0.25) is 0 Å². The van der Waals surface area contributed by atoms with Gasteiger partial charge in [0.25, 0.3) is 0 Å². The Balaban J connectivity index is 0.00000225. The van der Waals surface area contributed by atoms with Crippen LogP contribution in [0.3, 0.4) is 0 Å². The second-order valence-corrected chi connectivity index (χ2v) is 7.80. The fourth-order valence-electron chi connectivity index (χ4n) is 4.08. The van der Waals surface area contributed by atoms with E-state index in [0.717, 1.165) is 37.7 Å². The summed E-state index contributed by atoms with van der Waals surface area (Å²) in [5.74, 6) is 0.157. The van der Waals surface area contributed by atoms with E-state index in [1.54, 1.807) is 24.3 Å². The Labute approximate surface area is 171 Å². The van der Waals surface area contributed by atoms with E-state index < -0.39 is 0 Å². The average molecular weight is 409 g/mol. The van der Waals surface area contributed by atoms with Crippen LogP contribution in [0.5, 0.6) is 5.75 Å². The van der Waals surface area contributed by atoms with Crippen LogP contribution in [0.15, 0.2) is 42.5 Å². The molecule has 0 aliphatic heterocycles. The zero-order chi connectivity index (χ0) is 18.8. The molecule has 0 aromatic heterocycles. The van der Waals surface area contributed by atoms with Crippen LogP contribution < -0.4 is 15.8 Å². The van der Waals surface area contributed by atoms with Gasteiger partial charge in [0.2, 0.25) is 0 Å². The van der Waals surface area contributed by atoms with Crippen molar-refractivity contribution in [2.45, 2.75) is 62.8 Å². The molecule has 0 spiro atoms. The van der Waals surface area contributed by atoms with E-state index >= 15 is 0 Å². The van der Waals surface area contributed by atoms with E-state index in [9.17, 15) is 8.78 Å². The topological polar surface area (TPSA) is 47.3 Å². The van der Waals surface area contributed by atoms with Gasteiger partial charge in [0.05, 0.1) is 0 Å². The first-order valence-electron chi connectivity index (χ1n) is 9.77. The Kier molecular flexibility index (Phi) is 6.91. The van der Waals surface area contributed by atoms with E-state index in [4.69, 9.17) is 10.5 Å². The van der Waals surface area contributed by atoms with Gasteiger partial charge in [-0.05, 0) is 61.9 Å². The maximum Gasteiger partial charge on any atom is 0.130 e. The molecule has 2 aliphatic rings. The van der Waals surface area contributed by atoms with Crippen molar-refractivity contribution in [3.63, 3.8) is 0 Å². The van der Waals surface area contributed by atoms with Crippen molar-refractivity contribution in [3.05, 3.63) is 65.2 Å². The smallest absolute Gasteiger partial charge is 0.130 e. The molecule has 2 saturated carbocycles. The summed E-state index contributed by atoms with van der Waals surface area (Å²) in [6, 6.07) is 12.3. The van der Waals surface area contributed by atoms with Gasteiger partial charge in [0, 0.05) is 29.6 Å². The van der Waals surface area contributed by atoms with Crippen molar-refractivity contribution < 1.29 is 13.5 Å². The minimum atomic E-state index is -0.297. The molecule has 3 N–H and O–H groups in total. The highest BCUT2D eigenvalue weighted by molar-refractivity contribution is 5.85. The number of hydrogen-bond acceptors (Lipinski definition) is 3. The molecule has 2 aliphatic carbocycles. The van der Waals surface area contributed by atoms with Crippen molar-refractivity contribution in [2.75, 3.05) is 0 Å². The molecule has 0 bridgehead atoms. The maximum absolute atomic E-state index is 14.5. The Bertz CT molecular complexity index is 796. The van der Waals surface area contributed by atoms with Crippen LogP contribution in [0.1, 0.15) is 49.1 Å². The van der Waals surface area contributed by atoms with E-state index in [1.807, 2.05) is 0 Å². The summed E-state index contributed by atoms with van der Waals surface area (Å²) in [5.41, 5.74) is 7.34. The molecule has 2 aromatic carbocycles. The fourth-order valence-corrected chi connectivity index (χ4v) is 4.08. The quantitative estimate of drug-likeness (QED) is 0.729. The SMILES string of the molecule is Cl.NC1CCC(N[C@@H]2C[C@H]2c2c(F)cccc2OCc2cccc(F)c2)CC1. The van der Waals surface area contributed by atoms with Crippen LogP contribution in [0, 0.1) is 11.6 Å². The van der Waals surface area contributed by atoms with E-state index in [-0.39, 0.29) is 42.6 Å². The third kappa shape index (κ3) is 5.02. The van der Waals surface area contributed by atoms with Crippen LogP contribution in [-0.2, 0) is 6.61 Å². The third-order valence-electron chi connectivity index (χ3n) is 5.68. The molecule has 0 heterocycles. The molecule has 0 saturated heterocycles. The predicted octanol–water partition coefficient (Wildman–Crippen LogP) is 4.68. The van der Waals surface area contributed by atoms with E-state index in [0.29, 0.717) is 23.4 Å². The molecular weight excluding hydrogens is 382 g/mol. The maximum atomic E-state index is 14.5. The normalized spacial score (nSPS) is 26.4. The molecule has 2 aromatic rings. The zero-order valence-corrected chi connectivity index (χ0v) is 16.6. The summed E-state index contributed by atoms with van der Waals surface area (Å²) in [6.45, 7) is 0.222. The number of benzene rings is 2. The van der Waals surface area contributed by atoms with Crippen LogP contribution in [0.4, 0.5) is 8.78 Å². The summed E-state index contributed by atoms with van der Waals surface area (Å²) in [4.78, 5) is 0. The minimum absolute atomic E-state index is 0. The van der Waals surface area contributed by atoms with Gasteiger partial charge >= 0.3 is 0 Å². The Morgan fingerprint density at radius 3 is 2.54 bits per heavy atom. The lowest BCUT2D eigenvalue weighted by atomic mass is 9.92. The van der Waals surface area contributed by atoms with Gasteiger partial charge < -0.3 is 15.8 Å². The fraction of sp³-hybridized carbons (Fsp3) is 0.455. The Morgan fingerprint density at radius 2 is 1.79 bits per heavy atom. The summed E-state index contributed by atoms with van der Waals surface area (Å²) < 4.78 is 33.8. The standard InChI is InChI=1S/C22H26F2N2O.ClH/c23-15-4-1-3-14(11-15)13-27-21-6-2-5-19(24)22(21)18-12-20(18)26-17-9-7-16(25)8-10-17;/h1-6,11,16-18,20,26H,7-10,12-13,25H2;1H/t16?,17?,18-,20-;/m1./s1. The van der Waals surface area contributed by atoms with Gasteiger partial charge in [0.15, 0.2) is 0 Å². The first-order chi connectivity index (χ1) is 13.1. The number of rotatable bonds is 6. The average Bonchev–Trinajstić information content (AvgIpc) is 3.40. The van der Waals surface area contributed by atoms with Gasteiger partial charge in [-0.25, -0.2) is 8.78 Å². The van der Waals surface area contributed by atoms with Gasteiger partial charge in [-0.1, -0.05) is 18.2 Å². The van der Waals surface area contributed by atoms with E-state index in [2.05, 4.69) is 5.32 Å². The van der Waals surface area contributed by atoms with Gasteiger partial charge in [0.1, 0.15) is 24.0 Å². The van der Waals surface area contributed by atoms with Crippen LogP contribution in [0.25, 0.3) is 0 Å².